The minimum Gasteiger partial charge on any atom is -0.453 e. The standard InChI is InChI=1S/C13H16N2O4/c1-18-13(17)14-7-11-8-15(12(16)9-19-11)10-5-3-2-4-6-10/h2-6,11H,7-9H2,1H3,(H,14,17). The second-order valence-electron chi connectivity index (χ2n) is 4.15. The number of alkyl carbamates (subject to hydrolysis) is 1. The van der Waals surface area contributed by atoms with Crippen LogP contribution in [0.25, 0.3) is 0 Å². The molecule has 1 aliphatic rings. The number of hydrogen-bond acceptors (Lipinski definition) is 4. The van der Waals surface area contributed by atoms with Gasteiger partial charge in [0.1, 0.15) is 6.61 Å². The van der Waals surface area contributed by atoms with E-state index in [0.717, 1.165) is 5.69 Å². The van der Waals surface area contributed by atoms with E-state index in [0.29, 0.717) is 13.1 Å². The third-order valence-corrected chi connectivity index (χ3v) is 2.86. The van der Waals surface area contributed by atoms with Crippen LogP contribution in [0.3, 0.4) is 0 Å². The number of nitrogens with one attached hydrogen (secondary N) is 1. The van der Waals surface area contributed by atoms with Crippen LogP contribution in [0.15, 0.2) is 30.3 Å². The van der Waals surface area contributed by atoms with E-state index >= 15 is 0 Å². The molecular weight excluding hydrogens is 248 g/mol. The van der Waals surface area contributed by atoms with E-state index in [2.05, 4.69) is 10.1 Å². The highest BCUT2D eigenvalue weighted by Gasteiger charge is 2.27. The molecule has 0 bridgehead atoms. The molecule has 2 amide bonds. The summed E-state index contributed by atoms with van der Waals surface area (Å²) in [6.07, 6.45) is -0.747. The molecule has 1 N–H and O–H groups in total. The lowest BCUT2D eigenvalue weighted by Crippen LogP contribution is -2.50. The van der Waals surface area contributed by atoms with Crippen molar-refractivity contribution < 1.29 is 19.1 Å². The van der Waals surface area contributed by atoms with Crippen LogP contribution in [0.2, 0.25) is 0 Å². The Kier molecular flexibility index (Phi) is 4.35. The Morgan fingerprint density at radius 1 is 1.47 bits per heavy atom. The zero-order valence-corrected chi connectivity index (χ0v) is 10.7. The molecule has 1 atom stereocenters. The average molecular weight is 264 g/mol. The second kappa shape index (κ2) is 6.19. The molecule has 0 spiro atoms. The van der Waals surface area contributed by atoms with E-state index in [1.165, 1.54) is 7.11 Å². The van der Waals surface area contributed by atoms with Crippen LogP contribution in [0, 0.1) is 0 Å². The van der Waals surface area contributed by atoms with Gasteiger partial charge in [-0.05, 0) is 12.1 Å². The summed E-state index contributed by atoms with van der Waals surface area (Å²) < 4.78 is 9.86. The van der Waals surface area contributed by atoms with E-state index in [1.54, 1.807) is 4.90 Å². The van der Waals surface area contributed by atoms with Crippen LogP contribution >= 0.6 is 0 Å². The summed E-state index contributed by atoms with van der Waals surface area (Å²) in [5, 5.41) is 2.56. The monoisotopic (exact) mass is 264 g/mol. The van der Waals surface area contributed by atoms with E-state index in [-0.39, 0.29) is 18.6 Å². The van der Waals surface area contributed by atoms with Crippen molar-refractivity contribution in [3.8, 4) is 0 Å². The number of morpholine rings is 1. The third kappa shape index (κ3) is 3.45. The molecule has 102 valence electrons. The van der Waals surface area contributed by atoms with Crippen LogP contribution in [0.1, 0.15) is 0 Å². The van der Waals surface area contributed by atoms with Gasteiger partial charge in [-0.3, -0.25) is 4.79 Å². The number of hydrogen-bond donors (Lipinski definition) is 1. The van der Waals surface area contributed by atoms with Gasteiger partial charge in [-0.2, -0.15) is 0 Å². The molecule has 1 heterocycles. The van der Waals surface area contributed by atoms with Crippen molar-refractivity contribution in [1.29, 1.82) is 0 Å². The topological polar surface area (TPSA) is 67.9 Å². The van der Waals surface area contributed by atoms with Gasteiger partial charge in [-0.15, -0.1) is 0 Å². The Morgan fingerprint density at radius 2 is 2.21 bits per heavy atom. The molecule has 1 saturated heterocycles. The summed E-state index contributed by atoms with van der Waals surface area (Å²) in [6, 6.07) is 9.38. The average Bonchev–Trinajstić information content (AvgIpc) is 2.47. The maximum Gasteiger partial charge on any atom is 0.406 e. The normalized spacial score (nSPS) is 19.1. The Bertz CT molecular complexity index is 449. The molecule has 0 saturated carbocycles. The fraction of sp³-hybridized carbons (Fsp3) is 0.385. The molecule has 0 aromatic heterocycles. The smallest absolute Gasteiger partial charge is 0.406 e. The Balaban J connectivity index is 1.97. The van der Waals surface area contributed by atoms with Crippen molar-refractivity contribution in [3.63, 3.8) is 0 Å². The minimum absolute atomic E-state index is 0.0163. The molecule has 0 aliphatic carbocycles. The van der Waals surface area contributed by atoms with Gasteiger partial charge in [0.05, 0.1) is 19.8 Å². The van der Waals surface area contributed by atoms with Crippen molar-refractivity contribution in [2.45, 2.75) is 6.10 Å². The molecule has 0 radical (unpaired) electrons. The summed E-state index contributed by atoms with van der Waals surface area (Å²) in [4.78, 5) is 24.5. The highest BCUT2D eigenvalue weighted by Crippen LogP contribution is 2.17. The lowest BCUT2D eigenvalue weighted by atomic mass is 10.2. The molecule has 1 unspecified atom stereocenters. The molecule has 6 nitrogen and oxygen atoms in total. The number of anilines is 1. The largest absolute Gasteiger partial charge is 0.453 e. The second-order valence-corrected chi connectivity index (χ2v) is 4.15. The fourth-order valence-corrected chi connectivity index (χ4v) is 1.88. The summed E-state index contributed by atoms with van der Waals surface area (Å²) in [7, 11) is 1.30. The number of benzene rings is 1. The highest BCUT2D eigenvalue weighted by molar-refractivity contribution is 5.94. The number of methoxy groups -OCH3 is 1. The maximum atomic E-state index is 11.8. The summed E-state index contributed by atoms with van der Waals surface area (Å²) >= 11 is 0. The molecule has 2 rings (SSSR count). The van der Waals surface area contributed by atoms with Gasteiger partial charge in [-0.1, -0.05) is 18.2 Å². The van der Waals surface area contributed by atoms with Gasteiger partial charge in [0.2, 0.25) is 0 Å². The Hall–Kier alpha value is -2.08. The number of nitrogens with zero attached hydrogens (tertiary/aromatic N) is 1. The predicted octanol–water partition coefficient (Wildman–Crippen LogP) is 0.774. The number of ether oxygens (including phenoxy) is 2. The van der Waals surface area contributed by atoms with E-state index in [1.807, 2.05) is 30.3 Å². The first-order valence-electron chi connectivity index (χ1n) is 5.99. The zero-order valence-electron chi connectivity index (χ0n) is 10.7. The lowest BCUT2D eigenvalue weighted by molar-refractivity contribution is -0.129. The summed E-state index contributed by atoms with van der Waals surface area (Å²) in [5.74, 6) is -0.0829. The van der Waals surface area contributed by atoms with Gasteiger partial charge in [-0.25, -0.2) is 4.79 Å². The van der Waals surface area contributed by atoms with Gasteiger partial charge in [0.25, 0.3) is 5.91 Å². The van der Waals surface area contributed by atoms with E-state index in [4.69, 9.17) is 4.74 Å². The molecule has 1 fully saturated rings. The van der Waals surface area contributed by atoms with Crippen LogP contribution in [0.4, 0.5) is 10.5 Å². The van der Waals surface area contributed by atoms with Gasteiger partial charge < -0.3 is 19.7 Å². The number of para-hydroxylation sites is 1. The predicted molar refractivity (Wildman–Crippen MR) is 68.9 cm³/mol. The molecule has 6 heteroatoms. The van der Waals surface area contributed by atoms with Crippen LogP contribution in [-0.2, 0) is 14.3 Å². The highest BCUT2D eigenvalue weighted by atomic mass is 16.5. The van der Waals surface area contributed by atoms with Crippen molar-refractivity contribution in [1.82, 2.24) is 5.32 Å². The van der Waals surface area contributed by atoms with Crippen molar-refractivity contribution in [3.05, 3.63) is 30.3 Å². The van der Waals surface area contributed by atoms with Crippen LogP contribution in [0.5, 0.6) is 0 Å². The van der Waals surface area contributed by atoms with Crippen LogP contribution in [-0.4, -0.2) is 44.9 Å². The van der Waals surface area contributed by atoms with Gasteiger partial charge in [0.15, 0.2) is 0 Å². The van der Waals surface area contributed by atoms with E-state index in [9.17, 15) is 9.59 Å². The number of carbonyl (C=O) groups is 2. The fourth-order valence-electron chi connectivity index (χ4n) is 1.88. The maximum absolute atomic E-state index is 11.8. The molecule has 1 aliphatic heterocycles. The van der Waals surface area contributed by atoms with Gasteiger partial charge >= 0.3 is 6.09 Å². The Labute approximate surface area is 111 Å². The number of amides is 2. The number of rotatable bonds is 3. The first kappa shape index (κ1) is 13.4. The summed E-state index contributed by atoms with van der Waals surface area (Å²) in [6.45, 7) is 0.735. The first-order valence-corrected chi connectivity index (χ1v) is 5.99. The number of carbonyl (C=O) groups excluding carboxylic acids is 2. The lowest BCUT2D eigenvalue weighted by Gasteiger charge is -2.32. The Morgan fingerprint density at radius 3 is 2.89 bits per heavy atom. The quantitative estimate of drug-likeness (QED) is 0.875. The minimum atomic E-state index is -0.508. The zero-order chi connectivity index (χ0) is 13.7. The van der Waals surface area contributed by atoms with Crippen molar-refractivity contribution >= 4 is 17.7 Å². The molecule has 19 heavy (non-hydrogen) atoms. The third-order valence-electron chi connectivity index (χ3n) is 2.86. The SMILES string of the molecule is COC(=O)NCC1CN(c2ccccc2)C(=O)CO1. The van der Waals surface area contributed by atoms with E-state index < -0.39 is 6.09 Å². The first-order chi connectivity index (χ1) is 9.20. The molecule has 1 aromatic rings. The van der Waals surface area contributed by atoms with Crippen molar-refractivity contribution in [2.75, 3.05) is 31.7 Å². The molecule has 1 aromatic carbocycles. The van der Waals surface area contributed by atoms with Crippen molar-refractivity contribution in [2.24, 2.45) is 0 Å². The molecular formula is C13H16N2O4. The van der Waals surface area contributed by atoms with Gasteiger partial charge in [0, 0.05) is 12.2 Å². The summed E-state index contributed by atoms with van der Waals surface area (Å²) in [5.41, 5.74) is 0.832. The van der Waals surface area contributed by atoms with Crippen LogP contribution < -0.4 is 10.2 Å².